The molecule has 0 saturated carbocycles. The number of hydrogen-bond acceptors (Lipinski definition) is 3. The maximum absolute atomic E-state index is 14.5. The Kier molecular flexibility index (Phi) is 7.47. The van der Waals surface area contributed by atoms with E-state index in [1.807, 2.05) is 0 Å². The summed E-state index contributed by atoms with van der Waals surface area (Å²) in [5.74, 6) is -0.711. The van der Waals surface area contributed by atoms with Gasteiger partial charge in [-0.05, 0) is 44.6 Å². The molecule has 140 valence electrons. The van der Waals surface area contributed by atoms with Crippen molar-refractivity contribution in [3.8, 4) is 0 Å². The molecule has 0 aliphatic carbocycles. The van der Waals surface area contributed by atoms with E-state index >= 15 is 0 Å². The van der Waals surface area contributed by atoms with Gasteiger partial charge in [0.2, 0.25) is 0 Å². The summed E-state index contributed by atoms with van der Waals surface area (Å²) in [6, 6.07) is 4.05. The van der Waals surface area contributed by atoms with Gasteiger partial charge >= 0.3 is 6.03 Å². The van der Waals surface area contributed by atoms with E-state index in [0.717, 1.165) is 19.3 Å². The summed E-state index contributed by atoms with van der Waals surface area (Å²) in [4.78, 5) is 14.2. The third kappa shape index (κ3) is 5.30. The number of carbonyl (C=O) groups is 1. The Hall–Kier alpha value is -1.37. The van der Waals surface area contributed by atoms with Crippen LogP contribution in [0.25, 0.3) is 0 Å². The number of methoxy groups -OCH3 is 1. The number of hydrogen-bond donors (Lipinski definition) is 2. The highest BCUT2D eigenvalue weighted by Crippen LogP contribution is 2.30. The van der Waals surface area contributed by atoms with Gasteiger partial charge in [-0.25, -0.2) is 9.18 Å². The number of amides is 2. The van der Waals surface area contributed by atoms with E-state index in [-0.39, 0.29) is 23.0 Å². The van der Waals surface area contributed by atoms with Gasteiger partial charge in [-0.3, -0.25) is 0 Å². The second kappa shape index (κ2) is 9.36. The Morgan fingerprint density at radius 3 is 2.76 bits per heavy atom. The molecule has 1 aliphatic heterocycles. The minimum absolute atomic E-state index is 0.0113. The molecule has 2 amide bonds. The van der Waals surface area contributed by atoms with Crippen LogP contribution in [0.5, 0.6) is 0 Å². The van der Waals surface area contributed by atoms with E-state index in [2.05, 4.69) is 5.32 Å². The molecule has 0 bridgehead atoms. The van der Waals surface area contributed by atoms with Crippen molar-refractivity contribution in [1.29, 1.82) is 0 Å². The first kappa shape index (κ1) is 19.9. The number of unbranched alkanes of at least 4 members (excludes halogenated alkanes) is 1. The minimum Gasteiger partial charge on any atom is -0.385 e. The summed E-state index contributed by atoms with van der Waals surface area (Å²) in [6.07, 6.45) is 4.40. The van der Waals surface area contributed by atoms with E-state index in [1.54, 1.807) is 18.1 Å². The smallest absolute Gasteiger partial charge is 0.319 e. The van der Waals surface area contributed by atoms with Crippen LogP contribution in [0.2, 0.25) is 5.02 Å². The third-order valence-electron chi connectivity index (χ3n) is 4.49. The van der Waals surface area contributed by atoms with Gasteiger partial charge in [0.1, 0.15) is 5.82 Å². The van der Waals surface area contributed by atoms with Crippen LogP contribution >= 0.6 is 11.6 Å². The molecule has 0 unspecified atom stereocenters. The fourth-order valence-electron chi connectivity index (χ4n) is 3.07. The van der Waals surface area contributed by atoms with Gasteiger partial charge in [0.15, 0.2) is 5.72 Å². The van der Waals surface area contributed by atoms with Gasteiger partial charge in [0.25, 0.3) is 0 Å². The van der Waals surface area contributed by atoms with Crippen molar-refractivity contribution in [2.24, 2.45) is 0 Å². The molecular formula is C18H26ClFN2O3. The Balaban J connectivity index is 2.18. The highest BCUT2D eigenvalue weighted by Gasteiger charge is 2.35. The molecule has 1 aromatic carbocycles. The normalized spacial score (nSPS) is 17.2. The molecule has 1 aromatic rings. The van der Waals surface area contributed by atoms with E-state index in [9.17, 15) is 14.3 Å². The first-order valence-electron chi connectivity index (χ1n) is 8.71. The topological polar surface area (TPSA) is 61.8 Å². The standard InChI is InChI=1S/C18H26ClFN2O3/c1-25-13-6-3-10-18(24,14-8-7-9-15(19)16(14)20)21-17(23)22-11-4-2-5-12-22/h7-9,24H,2-6,10-13H2,1H3,(H,21,23)/t18-/m0/s1. The molecule has 1 atom stereocenters. The zero-order chi connectivity index (χ0) is 18.3. The lowest BCUT2D eigenvalue weighted by atomic mass is 9.96. The fraction of sp³-hybridized carbons (Fsp3) is 0.611. The minimum atomic E-state index is -1.81. The van der Waals surface area contributed by atoms with E-state index in [4.69, 9.17) is 16.3 Å². The SMILES string of the molecule is COCCCC[C@@](O)(NC(=O)N1CCCCC1)c1cccc(Cl)c1F. The van der Waals surface area contributed by atoms with Crippen LogP contribution in [-0.4, -0.2) is 42.8 Å². The molecule has 1 fully saturated rings. The lowest BCUT2D eigenvalue weighted by Gasteiger charge is -2.34. The molecule has 0 spiro atoms. The predicted octanol–water partition coefficient (Wildman–Crippen LogP) is 3.64. The van der Waals surface area contributed by atoms with E-state index in [1.165, 1.54) is 12.1 Å². The molecular weight excluding hydrogens is 347 g/mol. The largest absolute Gasteiger partial charge is 0.385 e. The van der Waals surface area contributed by atoms with Crippen molar-refractivity contribution >= 4 is 17.6 Å². The summed E-state index contributed by atoms with van der Waals surface area (Å²) in [7, 11) is 1.60. The quantitative estimate of drug-likeness (QED) is 0.567. The van der Waals surface area contributed by atoms with Crippen molar-refractivity contribution in [1.82, 2.24) is 10.2 Å². The number of urea groups is 1. The molecule has 25 heavy (non-hydrogen) atoms. The zero-order valence-corrected chi connectivity index (χ0v) is 15.3. The number of nitrogens with zero attached hydrogens (tertiary/aromatic N) is 1. The number of aliphatic hydroxyl groups is 1. The Labute approximate surface area is 153 Å². The van der Waals surface area contributed by atoms with E-state index in [0.29, 0.717) is 32.5 Å². The van der Waals surface area contributed by atoms with Gasteiger partial charge in [-0.15, -0.1) is 0 Å². The first-order chi connectivity index (χ1) is 12.0. The monoisotopic (exact) mass is 372 g/mol. The average molecular weight is 373 g/mol. The summed E-state index contributed by atoms with van der Waals surface area (Å²) in [5.41, 5.74) is -1.82. The van der Waals surface area contributed by atoms with Gasteiger partial charge in [-0.1, -0.05) is 23.7 Å². The second-order valence-corrected chi connectivity index (χ2v) is 6.80. The molecule has 0 radical (unpaired) electrons. The number of carbonyl (C=O) groups excluding carboxylic acids is 1. The maximum atomic E-state index is 14.5. The lowest BCUT2D eigenvalue weighted by molar-refractivity contribution is -0.00804. The number of likely N-dealkylation sites (tertiary alicyclic amines) is 1. The van der Waals surface area contributed by atoms with Crippen LogP contribution in [0, 0.1) is 5.82 Å². The maximum Gasteiger partial charge on any atom is 0.319 e. The van der Waals surface area contributed by atoms with Crippen molar-refractivity contribution < 1.29 is 19.0 Å². The first-order valence-corrected chi connectivity index (χ1v) is 9.08. The molecule has 2 rings (SSSR count). The summed E-state index contributed by atoms with van der Waals surface area (Å²) in [5, 5.41) is 13.6. The lowest BCUT2D eigenvalue weighted by Crippen LogP contribution is -2.53. The van der Waals surface area contributed by atoms with Gasteiger partial charge in [0.05, 0.1) is 5.02 Å². The van der Waals surface area contributed by atoms with Crippen LogP contribution < -0.4 is 5.32 Å². The Morgan fingerprint density at radius 2 is 2.08 bits per heavy atom. The van der Waals surface area contributed by atoms with E-state index < -0.39 is 11.5 Å². The zero-order valence-electron chi connectivity index (χ0n) is 14.6. The molecule has 0 aromatic heterocycles. The van der Waals surface area contributed by atoms with Crippen molar-refractivity contribution in [2.75, 3.05) is 26.8 Å². The number of piperidine rings is 1. The molecule has 7 heteroatoms. The summed E-state index contributed by atoms with van der Waals surface area (Å²) >= 11 is 5.86. The predicted molar refractivity (Wildman–Crippen MR) is 95.0 cm³/mol. The Bertz CT molecular complexity index is 581. The molecule has 5 nitrogen and oxygen atoms in total. The molecule has 1 aliphatic rings. The van der Waals surface area contributed by atoms with Crippen LogP contribution in [-0.2, 0) is 10.5 Å². The van der Waals surface area contributed by atoms with Crippen LogP contribution in [0.3, 0.4) is 0 Å². The Morgan fingerprint density at radius 1 is 1.36 bits per heavy atom. The fourth-order valence-corrected chi connectivity index (χ4v) is 3.24. The molecule has 1 heterocycles. The highest BCUT2D eigenvalue weighted by atomic mass is 35.5. The molecule has 2 N–H and O–H groups in total. The number of benzene rings is 1. The van der Waals surface area contributed by atoms with Gasteiger partial charge in [0, 0.05) is 32.4 Å². The molecule has 1 saturated heterocycles. The van der Waals surface area contributed by atoms with Crippen molar-refractivity contribution in [3.63, 3.8) is 0 Å². The van der Waals surface area contributed by atoms with Crippen LogP contribution in [0.4, 0.5) is 9.18 Å². The summed E-state index contributed by atoms with van der Waals surface area (Å²) in [6.45, 7) is 1.82. The summed E-state index contributed by atoms with van der Waals surface area (Å²) < 4.78 is 19.5. The number of ether oxygens (including phenoxy) is 1. The second-order valence-electron chi connectivity index (χ2n) is 6.39. The average Bonchev–Trinajstić information content (AvgIpc) is 2.62. The number of nitrogens with one attached hydrogen (secondary N) is 1. The van der Waals surface area contributed by atoms with Gasteiger partial charge in [-0.2, -0.15) is 0 Å². The van der Waals surface area contributed by atoms with Crippen molar-refractivity contribution in [3.05, 3.63) is 34.6 Å². The van der Waals surface area contributed by atoms with Crippen LogP contribution in [0.15, 0.2) is 18.2 Å². The number of rotatable bonds is 7. The highest BCUT2D eigenvalue weighted by molar-refractivity contribution is 6.30. The van der Waals surface area contributed by atoms with Crippen molar-refractivity contribution in [2.45, 2.75) is 44.2 Å². The van der Waals surface area contributed by atoms with Crippen LogP contribution in [0.1, 0.15) is 44.1 Å². The number of halogens is 2. The third-order valence-corrected chi connectivity index (χ3v) is 4.78. The van der Waals surface area contributed by atoms with Gasteiger partial charge < -0.3 is 20.1 Å².